The number of amides is 1. The number of rotatable bonds is 7. The topological polar surface area (TPSA) is 68.8 Å². The van der Waals surface area contributed by atoms with Crippen LogP contribution in [0, 0.1) is 5.92 Å². The van der Waals surface area contributed by atoms with Crippen molar-refractivity contribution >= 4 is 11.9 Å². The molecular formula is C20H33N5O. The lowest BCUT2D eigenvalue weighted by Gasteiger charge is -2.22. The lowest BCUT2D eigenvalue weighted by Crippen LogP contribution is -2.47. The van der Waals surface area contributed by atoms with Gasteiger partial charge in [-0.2, -0.15) is 0 Å². The summed E-state index contributed by atoms with van der Waals surface area (Å²) < 4.78 is 0. The first-order chi connectivity index (χ1) is 12.5. The van der Waals surface area contributed by atoms with E-state index in [-0.39, 0.29) is 5.91 Å². The predicted molar refractivity (Wildman–Crippen MR) is 108 cm³/mol. The largest absolute Gasteiger partial charge is 0.357 e. The summed E-state index contributed by atoms with van der Waals surface area (Å²) in [5.41, 5.74) is 0.676. The Balaban J connectivity index is 1.82. The van der Waals surface area contributed by atoms with Gasteiger partial charge in [0.2, 0.25) is 0 Å². The summed E-state index contributed by atoms with van der Waals surface area (Å²) in [6.45, 7) is 12.9. The van der Waals surface area contributed by atoms with Crippen molar-refractivity contribution in [2.24, 2.45) is 10.9 Å². The van der Waals surface area contributed by atoms with Crippen molar-refractivity contribution in [2.45, 2.75) is 39.8 Å². The van der Waals surface area contributed by atoms with E-state index >= 15 is 0 Å². The molecule has 6 nitrogen and oxygen atoms in total. The molecule has 0 radical (unpaired) electrons. The Labute approximate surface area is 157 Å². The zero-order valence-electron chi connectivity index (χ0n) is 16.5. The van der Waals surface area contributed by atoms with E-state index in [9.17, 15) is 4.79 Å². The fraction of sp³-hybridized carbons (Fsp3) is 0.600. The van der Waals surface area contributed by atoms with Crippen LogP contribution in [0.3, 0.4) is 0 Å². The maximum Gasteiger partial charge on any atom is 0.251 e. The number of carbonyl (C=O) groups excluding carboxylic acids is 1. The Morgan fingerprint density at radius 3 is 2.58 bits per heavy atom. The molecule has 1 aliphatic heterocycles. The van der Waals surface area contributed by atoms with Gasteiger partial charge < -0.3 is 16.0 Å². The summed E-state index contributed by atoms with van der Waals surface area (Å²) in [5, 5.41) is 9.77. The van der Waals surface area contributed by atoms with Crippen molar-refractivity contribution in [2.75, 3.05) is 32.7 Å². The summed E-state index contributed by atoms with van der Waals surface area (Å²) in [6.07, 6.45) is 0. The molecule has 1 heterocycles. The molecule has 6 heteroatoms. The molecule has 0 bridgehead atoms. The van der Waals surface area contributed by atoms with Gasteiger partial charge in [-0.15, -0.1) is 0 Å². The van der Waals surface area contributed by atoms with Crippen LogP contribution in [-0.4, -0.2) is 61.6 Å². The smallest absolute Gasteiger partial charge is 0.251 e. The molecule has 1 saturated heterocycles. The molecule has 0 aliphatic carbocycles. The highest BCUT2D eigenvalue weighted by molar-refractivity contribution is 5.94. The van der Waals surface area contributed by atoms with Gasteiger partial charge in [-0.25, -0.2) is 0 Å². The number of carbonyl (C=O) groups is 1. The third-order valence-corrected chi connectivity index (χ3v) is 4.74. The van der Waals surface area contributed by atoms with Crippen LogP contribution < -0.4 is 16.0 Å². The van der Waals surface area contributed by atoms with Crippen LogP contribution in [0.2, 0.25) is 0 Å². The van der Waals surface area contributed by atoms with Gasteiger partial charge in [-0.1, -0.05) is 25.1 Å². The van der Waals surface area contributed by atoms with Crippen LogP contribution in [0.4, 0.5) is 0 Å². The molecule has 1 aliphatic rings. The van der Waals surface area contributed by atoms with Gasteiger partial charge in [0.1, 0.15) is 0 Å². The number of aliphatic imine (C=N–C) groups is 1. The zero-order valence-corrected chi connectivity index (χ0v) is 16.5. The van der Waals surface area contributed by atoms with E-state index in [0.717, 1.165) is 25.6 Å². The fourth-order valence-corrected chi connectivity index (χ4v) is 3.14. The first-order valence-electron chi connectivity index (χ1n) is 9.63. The van der Waals surface area contributed by atoms with Crippen molar-refractivity contribution in [1.29, 1.82) is 0 Å². The molecule has 0 aromatic heterocycles. The monoisotopic (exact) mass is 359 g/mol. The molecule has 3 N–H and O–H groups in total. The molecule has 2 rings (SSSR count). The van der Waals surface area contributed by atoms with E-state index in [1.807, 2.05) is 30.3 Å². The Kier molecular flexibility index (Phi) is 7.91. The van der Waals surface area contributed by atoms with Crippen LogP contribution in [-0.2, 0) is 0 Å². The number of nitrogens with one attached hydrogen (secondary N) is 3. The maximum atomic E-state index is 12.0. The molecule has 2 atom stereocenters. The van der Waals surface area contributed by atoms with E-state index in [4.69, 9.17) is 0 Å². The third-order valence-electron chi connectivity index (χ3n) is 4.74. The van der Waals surface area contributed by atoms with E-state index < -0.39 is 0 Å². The van der Waals surface area contributed by atoms with Gasteiger partial charge >= 0.3 is 0 Å². The standard InChI is InChI=1S/C20H33N5O/c1-5-21-20(24-18-14-25(15(2)3)13-16(18)4)23-12-11-22-19(26)17-9-7-6-8-10-17/h6-10,15-16,18H,5,11-14H2,1-4H3,(H,22,26)(H2,21,23,24). The van der Waals surface area contributed by atoms with Gasteiger partial charge in [-0.3, -0.25) is 14.7 Å². The van der Waals surface area contributed by atoms with Gasteiger partial charge in [-0.05, 0) is 38.8 Å². The van der Waals surface area contributed by atoms with Gasteiger partial charge in [0.15, 0.2) is 5.96 Å². The Morgan fingerprint density at radius 1 is 1.23 bits per heavy atom. The second-order valence-corrected chi connectivity index (χ2v) is 7.16. The molecule has 144 valence electrons. The quantitative estimate of drug-likeness (QED) is 0.394. The minimum Gasteiger partial charge on any atom is -0.357 e. The fourth-order valence-electron chi connectivity index (χ4n) is 3.14. The van der Waals surface area contributed by atoms with E-state index in [0.29, 0.717) is 36.7 Å². The highest BCUT2D eigenvalue weighted by atomic mass is 16.1. The van der Waals surface area contributed by atoms with Crippen LogP contribution in [0.25, 0.3) is 0 Å². The average Bonchev–Trinajstić information content (AvgIpc) is 3.00. The van der Waals surface area contributed by atoms with Crippen LogP contribution in [0.15, 0.2) is 35.3 Å². The zero-order chi connectivity index (χ0) is 18.9. The Morgan fingerprint density at radius 2 is 1.96 bits per heavy atom. The first-order valence-corrected chi connectivity index (χ1v) is 9.63. The van der Waals surface area contributed by atoms with Crippen molar-refractivity contribution in [3.63, 3.8) is 0 Å². The molecule has 2 unspecified atom stereocenters. The molecular weight excluding hydrogens is 326 g/mol. The number of hydrogen-bond acceptors (Lipinski definition) is 3. The van der Waals surface area contributed by atoms with Crippen molar-refractivity contribution in [3.05, 3.63) is 35.9 Å². The number of nitrogens with zero attached hydrogens (tertiary/aromatic N) is 2. The Hall–Kier alpha value is -2.08. The molecule has 0 spiro atoms. The number of benzene rings is 1. The maximum absolute atomic E-state index is 12.0. The molecule has 1 amide bonds. The second-order valence-electron chi connectivity index (χ2n) is 7.16. The normalized spacial score (nSPS) is 21.0. The number of guanidine groups is 1. The summed E-state index contributed by atoms with van der Waals surface area (Å²) in [4.78, 5) is 19.1. The van der Waals surface area contributed by atoms with Gasteiger partial charge in [0, 0.05) is 43.8 Å². The Bertz CT molecular complexity index is 587. The van der Waals surface area contributed by atoms with Crippen LogP contribution in [0.1, 0.15) is 38.1 Å². The highest BCUT2D eigenvalue weighted by Gasteiger charge is 2.31. The lowest BCUT2D eigenvalue weighted by molar-refractivity contribution is 0.0955. The summed E-state index contributed by atoms with van der Waals surface area (Å²) in [6, 6.07) is 10.2. The third kappa shape index (κ3) is 6.02. The predicted octanol–water partition coefficient (Wildman–Crippen LogP) is 1.70. The van der Waals surface area contributed by atoms with E-state index in [1.54, 1.807) is 0 Å². The van der Waals surface area contributed by atoms with Gasteiger partial charge in [0.25, 0.3) is 5.91 Å². The van der Waals surface area contributed by atoms with Crippen molar-refractivity contribution < 1.29 is 4.79 Å². The number of hydrogen-bond donors (Lipinski definition) is 3. The molecule has 26 heavy (non-hydrogen) atoms. The van der Waals surface area contributed by atoms with Crippen molar-refractivity contribution in [1.82, 2.24) is 20.9 Å². The number of likely N-dealkylation sites (tertiary alicyclic amines) is 1. The van der Waals surface area contributed by atoms with E-state index in [1.165, 1.54) is 0 Å². The highest BCUT2D eigenvalue weighted by Crippen LogP contribution is 2.18. The molecule has 1 fully saturated rings. The molecule has 0 saturated carbocycles. The minimum atomic E-state index is -0.0595. The van der Waals surface area contributed by atoms with Crippen LogP contribution in [0.5, 0.6) is 0 Å². The second kappa shape index (κ2) is 10.2. The van der Waals surface area contributed by atoms with Crippen molar-refractivity contribution in [3.8, 4) is 0 Å². The lowest BCUT2D eigenvalue weighted by atomic mass is 10.1. The molecule has 1 aromatic rings. The van der Waals surface area contributed by atoms with E-state index in [2.05, 4.69) is 53.5 Å². The first kappa shape index (κ1) is 20.2. The average molecular weight is 360 g/mol. The molecule has 1 aromatic carbocycles. The SMILES string of the molecule is CCNC(=NCCNC(=O)c1ccccc1)NC1CN(C(C)C)CC1C. The summed E-state index contributed by atoms with van der Waals surface area (Å²) in [7, 11) is 0. The van der Waals surface area contributed by atoms with Crippen LogP contribution >= 0.6 is 0 Å². The summed E-state index contributed by atoms with van der Waals surface area (Å²) >= 11 is 0. The summed E-state index contributed by atoms with van der Waals surface area (Å²) in [5.74, 6) is 1.35. The minimum absolute atomic E-state index is 0.0595. The van der Waals surface area contributed by atoms with Gasteiger partial charge in [0.05, 0.1) is 6.54 Å².